The topological polar surface area (TPSA) is 72.5 Å². The van der Waals surface area contributed by atoms with Crippen LogP contribution in [0.5, 0.6) is 5.75 Å². The van der Waals surface area contributed by atoms with Gasteiger partial charge in [0.2, 0.25) is 0 Å². The van der Waals surface area contributed by atoms with E-state index in [2.05, 4.69) is 0 Å². The SMILES string of the molecule is Nc1cc(Cl)ccc1SCCOc1ccccc1C(=O)O. The van der Waals surface area contributed by atoms with E-state index in [1.807, 2.05) is 6.07 Å². The molecule has 0 amide bonds. The maximum absolute atomic E-state index is 11.0. The molecule has 2 aromatic rings. The monoisotopic (exact) mass is 323 g/mol. The highest BCUT2D eigenvalue weighted by atomic mass is 35.5. The van der Waals surface area contributed by atoms with Crippen molar-refractivity contribution in [3.63, 3.8) is 0 Å². The number of rotatable bonds is 6. The van der Waals surface area contributed by atoms with Gasteiger partial charge in [0.25, 0.3) is 0 Å². The second-order valence-corrected chi connectivity index (χ2v) is 5.75. The van der Waals surface area contributed by atoms with Crippen molar-refractivity contribution in [2.24, 2.45) is 0 Å². The molecule has 0 spiro atoms. The van der Waals surface area contributed by atoms with Crippen LogP contribution >= 0.6 is 23.4 Å². The Morgan fingerprint density at radius 3 is 2.76 bits per heavy atom. The van der Waals surface area contributed by atoms with E-state index < -0.39 is 5.97 Å². The van der Waals surface area contributed by atoms with Gasteiger partial charge in [-0.1, -0.05) is 23.7 Å². The van der Waals surface area contributed by atoms with Gasteiger partial charge in [-0.25, -0.2) is 4.79 Å². The Balaban J connectivity index is 1.89. The Kier molecular flexibility index (Phi) is 5.36. The predicted molar refractivity (Wildman–Crippen MR) is 85.5 cm³/mol. The number of ether oxygens (including phenoxy) is 1. The van der Waals surface area contributed by atoms with Crippen LogP contribution < -0.4 is 10.5 Å². The molecule has 110 valence electrons. The van der Waals surface area contributed by atoms with E-state index in [0.29, 0.717) is 28.8 Å². The maximum atomic E-state index is 11.0. The predicted octanol–water partition coefficient (Wildman–Crippen LogP) is 3.79. The fourth-order valence-electron chi connectivity index (χ4n) is 1.72. The van der Waals surface area contributed by atoms with Gasteiger partial charge in [-0.3, -0.25) is 0 Å². The molecule has 0 unspecified atom stereocenters. The summed E-state index contributed by atoms with van der Waals surface area (Å²) in [6.45, 7) is 0.386. The summed E-state index contributed by atoms with van der Waals surface area (Å²) >= 11 is 7.37. The molecule has 0 aliphatic carbocycles. The highest BCUT2D eigenvalue weighted by Crippen LogP contribution is 2.27. The Bertz CT molecular complexity index is 649. The number of carboxylic acids is 1. The van der Waals surface area contributed by atoms with Crippen molar-refractivity contribution in [2.75, 3.05) is 18.1 Å². The molecule has 0 heterocycles. The first-order valence-corrected chi connectivity index (χ1v) is 7.57. The van der Waals surface area contributed by atoms with Gasteiger partial charge in [-0.15, -0.1) is 11.8 Å². The van der Waals surface area contributed by atoms with Crippen molar-refractivity contribution < 1.29 is 14.6 Å². The molecule has 0 aromatic heterocycles. The number of para-hydroxylation sites is 1. The second kappa shape index (κ2) is 7.24. The summed E-state index contributed by atoms with van der Waals surface area (Å²) in [7, 11) is 0. The van der Waals surface area contributed by atoms with Crippen LogP contribution in [0.1, 0.15) is 10.4 Å². The number of carboxylic acid groups (broad SMARTS) is 1. The average molecular weight is 324 g/mol. The molecule has 6 heteroatoms. The van der Waals surface area contributed by atoms with Crippen LogP contribution in [0.4, 0.5) is 5.69 Å². The first-order valence-electron chi connectivity index (χ1n) is 6.21. The minimum Gasteiger partial charge on any atom is -0.492 e. The molecule has 21 heavy (non-hydrogen) atoms. The molecule has 0 aliphatic heterocycles. The van der Waals surface area contributed by atoms with Crippen LogP contribution in [0, 0.1) is 0 Å². The van der Waals surface area contributed by atoms with Crippen LogP contribution in [0.3, 0.4) is 0 Å². The van der Waals surface area contributed by atoms with Crippen molar-refractivity contribution in [1.82, 2.24) is 0 Å². The summed E-state index contributed by atoms with van der Waals surface area (Å²) in [6, 6.07) is 11.9. The van der Waals surface area contributed by atoms with Gasteiger partial charge in [0, 0.05) is 21.4 Å². The lowest BCUT2D eigenvalue weighted by atomic mass is 10.2. The molecule has 2 aromatic carbocycles. The molecule has 4 nitrogen and oxygen atoms in total. The molecule has 0 aliphatic rings. The van der Waals surface area contributed by atoms with Gasteiger partial charge in [0.05, 0.1) is 6.61 Å². The molecule has 0 atom stereocenters. The smallest absolute Gasteiger partial charge is 0.339 e. The Hall–Kier alpha value is -1.85. The van der Waals surface area contributed by atoms with Crippen molar-refractivity contribution in [3.05, 3.63) is 53.1 Å². The van der Waals surface area contributed by atoms with E-state index in [4.69, 9.17) is 27.2 Å². The minimum absolute atomic E-state index is 0.161. The van der Waals surface area contributed by atoms with Gasteiger partial charge in [0.15, 0.2) is 0 Å². The number of hydrogen-bond donors (Lipinski definition) is 2. The molecule has 0 bridgehead atoms. The van der Waals surface area contributed by atoms with E-state index >= 15 is 0 Å². The molecule has 0 fully saturated rings. The Morgan fingerprint density at radius 2 is 2.05 bits per heavy atom. The van der Waals surface area contributed by atoms with Crippen LogP contribution in [-0.2, 0) is 0 Å². The van der Waals surface area contributed by atoms with Crippen molar-refractivity contribution in [2.45, 2.75) is 4.90 Å². The zero-order chi connectivity index (χ0) is 15.2. The fourth-order valence-corrected chi connectivity index (χ4v) is 2.68. The summed E-state index contributed by atoms with van der Waals surface area (Å²) in [5.74, 6) is 0.0228. The summed E-state index contributed by atoms with van der Waals surface area (Å²) in [5.41, 5.74) is 6.64. The molecular formula is C15H14ClNO3S. The third-order valence-corrected chi connectivity index (χ3v) is 3.98. The third-order valence-electron chi connectivity index (χ3n) is 2.69. The highest BCUT2D eigenvalue weighted by Gasteiger charge is 2.09. The van der Waals surface area contributed by atoms with E-state index in [9.17, 15) is 4.79 Å². The number of benzene rings is 2. The minimum atomic E-state index is -1.000. The lowest BCUT2D eigenvalue weighted by Crippen LogP contribution is -2.05. The van der Waals surface area contributed by atoms with Gasteiger partial charge in [0.1, 0.15) is 11.3 Å². The Morgan fingerprint density at radius 1 is 1.29 bits per heavy atom. The van der Waals surface area contributed by atoms with Crippen LogP contribution in [0.15, 0.2) is 47.4 Å². The largest absolute Gasteiger partial charge is 0.492 e. The van der Waals surface area contributed by atoms with Gasteiger partial charge in [-0.05, 0) is 30.3 Å². The van der Waals surface area contributed by atoms with Crippen molar-refractivity contribution >= 4 is 35.0 Å². The maximum Gasteiger partial charge on any atom is 0.339 e. The molecule has 3 N–H and O–H groups in total. The fraction of sp³-hybridized carbons (Fsp3) is 0.133. The molecule has 0 saturated heterocycles. The van der Waals surface area contributed by atoms with Gasteiger partial charge < -0.3 is 15.6 Å². The molecular weight excluding hydrogens is 310 g/mol. The second-order valence-electron chi connectivity index (χ2n) is 4.18. The zero-order valence-corrected chi connectivity index (χ0v) is 12.7. The normalized spacial score (nSPS) is 10.3. The molecule has 0 saturated carbocycles. The zero-order valence-electron chi connectivity index (χ0n) is 11.1. The van der Waals surface area contributed by atoms with Gasteiger partial charge >= 0.3 is 5.97 Å². The standard InChI is InChI=1S/C15H14ClNO3S/c16-10-5-6-14(12(17)9-10)21-8-7-20-13-4-2-1-3-11(13)15(18)19/h1-6,9H,7-8,17H2,(H,18,19). The Labute approximate surface area is 131 Å². The van der Waals surface area contributed by atoms with E-state index in [1.54, 1.807) is 30.3 Å². The van der Waals surface area contributed by atoms with Crippen LogP contribution in [-0.4, -0.2) is 23.4 Å². The quantitative estimate of drug-likeness (QED) is 0.480. The van der Waals surface area contributed by atoms with E-state index in [-0.39, 0.29) is 5.56 Å². The number of aromatic carboxylic acids is 1. The molecule has 0 radical (unpaired) electrons. The summed E-state index contributed by atoms with van der Waals surface area (Å²) < 4.78 is 5.52. The van der Waals surface area contributed by atoms with E-state index in [0.717, 1.165) is 4.90 Å². The highest BCUT2D eigenvalue weighted by molar-refractivity contribution is 7.99. The number of halogens is 1. The number of carbonyl (C=O) groups is 1. The van der Waals surface area contributed by atoms with Crippen LogP contribution in [0.25, 0.3) is 0 Å². The summed E-state index contributed by atoms with van der Waals surface area (Å²) in [6.07, 6.45) is 0. The summed E-state index contributed by atoms with van der Waals surface area (Å²) in [4.78, 5) is 12.0. The lowest BCUT2D eigenvalue weighted by Gasteiger charge is -2.09. The number of anilines is 1. The number of nitrogen functional groups attached to an aromatic ring is 1. The number of nitrogens with two attached hydrogens (primary N) is 1. The van der Waals surface area contributed by atoms with Crippen LogP contribution in [0.2, 0.25) is 5.02 Å². The van der Waals surface area contributed by atoms with Crippen molar-refractivity contribution in [1.29, 1.82) is 0 Å². The molecule has 2 rings (SSSR count). The van der Waals surface area contributed by atoms with E-state index in [1.165, 1.54) is 17.8 Å². The number of hydrogen-bond acceptors (Lipinski definition) is 4. The number of thioether (sulfide) groups is 1. The lowest BCUT2D eigenvalue weighted by molar-refractivity contribution is 0.0692. The third kappa shape index (κ3) is 4.31. The first-order chi connectivity index (χ1) is 10.1. The average Bonchev–Trinajstić information content (AvgIpc) is 2.45. The van der Waals surface area contributed by atoms with Gasteiger partial charge in [-0.2, -0.15) is 0 Å². The first kappa shape index (κ1) is 15.5. The summed E-state index contributed by atoms with van der Waals surface area (Å²) in [5, 5.41) is 9.65. The van der Waals surface area contributed by atoms with Crippen molar-refractivity contribution in [3.8, 4) is 5.75 Å².